The van der Waals surface area contributed by atoms with Crippen molar-refractivity contribution in [1.29, 1.82) is 0 Å². The van der Waals surface area contributed by atoms with E-state index in [0.717, 1.165) is 5.56 Å². The van der Waals surface area contributed by atoms with Gasteiger partial charge in [0.25, 0.3) is 0 Å². The van der Waals surface area contributed by atoms with E-state index in [4.69, 9.17) is 16.7 Å². The second-order valence-corrected chi connectivity index (χ2v) is 2.99. The molecule has 1 atom stereocenters. The first-order valence-corrected chi connectivity index (χ1v) is 4.64. The summed E-state index contributed by atoms with van der Waals surface area (Å²) < 4.78 is 0. The predicted molar refractivity (Wildman–Crippen MR) is 54.7 cm³/mol. The van der Waals surface area contributed by atoms with Gasteiger partial charge in [0.05, 0.1) is 6.10 Å². The zero-order chi connectivity index (χ0) is 9.52. The number of aliphatic hydroxyl groups excluding tert-OH is 1. The van der Waals surface area contributed by atoms with Crippen molar-refractivity contribution in [3.05, 3.63) is 35.9 Å². The Labute approximate surface area is 83.4 Å². The van der Waals surface area contributed by atoms with Crippen LogP contribution in [0.5, 0.6) is 0 Å². The Bertz CT molecular complexity index is 297. The van der Waals surface area contributed by atoms with Crippen LogP contribution in [0.4, 0.5) is 0 Å². The van der Waals surface area contributed by atoms with E-state index in [0.29, 0.717) is 6.42 Å². The third-order valence-electron chi connectivity index (χ3n) is 1.52. The van der Waals surface area contributed by atoms with Crippen LogP contribution in [-0.2, 0) is 0 Å². The minimum absolute atomic E-state index is 0.240. The van der Waals surface area contributed by atoms with Gasteiger partial charge in [0.1, 0.15) is 0 Å². The molecule has 0 spiro atoms. The molecule has 68 valence electrons. The Hall–Kier alpha value is -0.970. The highest BCUT2D eigenvalue weighted by molar-refractivity contribution is 6.18. The largest absolute Gasteiger partial charge is 0.391 e. The summed E-state index contributed by atoms with van der Waals surface area (Å²) in [5.41, 5.74) is 0.962. The van der Waals surface area contributed by atoms with Gasteiger partial charge in [0.15, 0.2) is 0 Å². The van der Waals surface area contributed by atoms with E-state index in [-0.39, 0.29) is 5.88 Å². The Balaban J connectivity index is 2.49. The molecule has 0 saturated carbocycles. The van der Waals surface area contributed by atoms with Crippen LogP contribution in [0.1, 0.15) is 12.0 Å². The molecule has 0 aromatic heterocycles. The smallest absolute Gasteiger partial charge is 0.0784 e. The van der Waals surface area contributed by atoms with Gasteiger partial charge in [0, 0.05) is 17.9 Å². The van der Waals surface area contributed by atoms with Crippen molar-refractivity contribution in [3.8, 4) is 11.8 Å². The van der Waals surface area contributed by atoms with Gasteiger partial charge in [-0.05, 0) is 12.1 Å². The first-order valence-electron chi connectivity index (χ1n) is 4.11. The Morgan fingerprint density at radius 3 is 2.62 bits per heavy atom. The molecule has 1 nitrogen and oxygen atoms in total. The number of hydrogen-bond donors (Lipinski definition) is 1. The van der Waals surface area contributed by atoms with E-state index in [9.17, 15) is 0 Å². The summed E-state index contributed by atoms with van der Waals surface area (Å²) in [5, 5.41) is 9.10. The molecule has 1 N–H and O–H groups in total. The van der Waals surface area contributed by atoms with Crippen LogP contribution in [-0.4, -0.2) is 17.1 Å². The van der Waals surface area contributed by atoms with E-state index in [1.54, 1.807) is 0 Å². The number of rotatable bonds is 2. The third kappa shape index (κ3) is 3.98. The molecule has 0 heterocycles. The van der Waals surface area contributed by atoms with Gasteiger partial charge < -0.3 is 5.11 Å². The molecular weight excluding hydrogens is 184 g/mol. The molecule has 0 aliphatic heterocycles. The lowest BCUT2D eigenvalue weighted by atomic mass is 10.2. The fourth-order valence-corrected chi connectivity index (χ4v) is 0.956. The summed E-state index contributed by atoms with van der Waals surface area (Å²) in [6.07, 6.45) is -0.0869. The number of alkyl halides is 1. The van der Waals surface area contributed by atoms with Crippen LogP contribution >= 0.6 is 11.6 Å². The summed E-state index contributed by atoms with van der Waals surface area (Å²) in [4.78, 5) is 0. The molecule has 0 saturated heterocycles. The molecule has 13 heavy (non-hydrogen) atoms. The Morgan fingerprint density at radius 1 is 1.31 bits per heavy atom. The molecule has 0 aliphatic rings. The first kappa shape index (κ1) is 10.1. The van der Waals surface area contributed by atoms with Crippen LogP contribution in [0.2, 0.25) is 0 Å². The molecule has 1 aromatic carbocycles. The highest BCUT2D eigenvalue weighted by Crippen LogP contribution is 1.96. The van der Waals surface area contributed by atoms with Crippen molar-refractivity contribution in [2.24, 2.45) is 0 Å². The summed E-state index contributed by atoms with van der Waals surface area (Å²) in [6.45, 7) is 0. The molecule has 1 rings (SSSR count). The SMILES string of the molecule is O[C@H](CCl)CC#Cc1ccccc1. The highest BCUT2D eigenvalue weighted by Gasteiger charge is 1.96. The number of benzene rings is 1. The molecular formula is C11H11ClO. The second-order valence-electron chi connectivity index (χ2n) is 2.68. The Kier molecular flexibility index (Phi) is 4.39. The maximum absolute atomic E-state index is 9.10. The third-order valence-corrected chi connectivity index (χ3v) is 1.88. The van der Waals surface area contributed by atoms with Gasteiger partial charge in [-0.25, -0.2) is 0 Å². The topological polar surface area (TPSA) is 20.2 Å². The predicted octanol–water partition coefficient (Wildman–Crippen LogP) is 2.03. The van der Waals surface area contributed by atoms with Gasteiger partial charge in [0.2, 0.25) is 0 Å². The van der Waals surface area contributed by atoms with Crippen molar-refractivity contribution >= 4 is 11.6 Å². The number of halogens is 1. The lowest BCUT2D eigenvalue weighted by molar-refractivity contribution is 0.204. The summed E-state index contributed by atoms with van der Waals surface area (Å²) in [5.74, 6) is 6.05. The van der Waals surface area contributed by atoms with E-state index < -0.39 is 6.10 Å². The molecule has 0 unspecified atom stereocenters. The van der Waals surface area contributed by atoms with Crippen LogP contribution < -0.4 is 0 Å². The minimum atomic E-state index is -0.516. The normalized spacial score (nSPS) is 11.5. The number of hydrogen-bond acceptors (Lipinski definition) is 1. The van der Waals surface area contributed by atoms with Crippen molar-refractivity contribution in [1.82, 2.24) is 0 Å². The van der Waals surface area contributed by atoms with Gasteiger partial charge in [-0.1, -0.05) is 30.0 Å². The zero-order valence-corrected chi connectivity index (χ0v) is 7.96. The van der Waals surface area contributed by atoms with Crippen LogP contribution in [0.25, 0.3) is 0 Å². The van der Waals surface area contributed by atoms with E-state index >= 15 is 0 Å². The van der Waals surface area contributed by atoms with Gasteiger partial charge in [-0.3, -0.25) is 0 Å². The second kappa shape index (κ2) is 5.64. The zero-order valence-electron chi connectivity index (χ0n) is 7.20. The summed E-state index contributed by atoms with van der Waals surface area (Å²) in [7, 11) is 0. The fourth-order valence-electron chi connectivity index (χ4n) is 0.847. The average Bonchev–Trinajstić information content (AvgIpc) is 2.19. The van der Waals surface area contributed by atoms with Crippen molar-refractivity contribution in [2.45, 2.75) is 12.5 Å². The molecule has 1 aromatic rings. The van der Waals surface area contributed by atoms with Gasteiger partial charge >= 0.3 is 0 Å². The van der Waals surface area contributed by atoms with Gasteiger partial charge in [-0.2, -0.15) is 0 Å². The minimum Gasteiger partial charge on any atom is -0.391 e. The fraction of sp³-hybridized carbons (Fsp3) is 0.273. The number of aliphatic hydroxyl groups is 1. The Morgan fingerprint density at radius 2 is 2.00 bits per heavy atom. The van der Waals surface area contributed by atoms with Crippen LogP contribution in [0.15, 0.2) is 30.3 Å². The first-order chi connectivity index (χ1) is 6.33. The van der Waals surface area contributed by atoms with Crippen LogP contribution in [0, 0.1) is 11.8 Å². The molecule has 0 bridgehead atoms. The monoisotopic (exact) mass is 194 g/mol. The van der Waals surface area contributed by atoms with Crippen molar-refractivity contribution in [3.63, 3.8) is 0 Å². The maximum atomic E-state index is 9.10. The van der Waals surface area contributed by atoms with E-state index in [1.165, 1.54) is 0 Å². The van der Waals surface area contributed by atoms with Crippen molar-refractivity contribution < 1.29 is 5.11 Å². The van der Waals surface area contributed by atoms with Crippen molar-refractivity contribution in [2.75, 3.05) is 5.88 Å². The average molecular weight is 195 g/mol. The van der Waals surface area contributed by atoms with Crippen LogP contribution in [0.3, 0.4) is 0 Å². The summed E-state index contributed by atoms with van der Waals surface area (Å²) >= 11 is 5.42. The maximum Gasteiger partial charge on any atom is 0.0784 e. The van der Waals surface area contributed by atoms with Gasteiger partial charge in [-0.15, -0.1) is 11.6 Å². The lowest BCUT2D eigenvalue weighted by Crippen LogP contribution is -2.05. The highest BCUT2D eigenvalue weighted by atomic mass is 35.5. The van der Waals surface area contributed by atoms with E-state index in [1.807, 2.05) is 30.3 Å². The molecule has 0 amide bonds. The molecule has 0 aliphatic carbocycles. The summed E-state index contributed by atoms with van der Waals surface area (Å²) in [6, 6.07) is 9.67. The molecule has 0 fully saturated rings. The molecule has 0 radical (unpaired) electrons. The standard InChI is InChI=1S/C11H11ClO/c12-9-11(13)8-4-7-10-5-2-1-3-6-10/h1-3,5-6,11,13H,8-9H2/t11-/m0/s1. The quantitative estimate of drug-likeness (QED) is 0.564. The molecule has 2 heteroatoms. The lowest BCUT2D eigenvalue weighted by Gasteiger charge is -1.97. The van der Waals surface area contributed by atoms with E-state index in [2.05, 4.69) is 11.8 Å².